The van der Waals surface area contributed by atoms with Gasteiger partial charge in [0.15, 0.2) is 0 Å². The van der Waals surface area contributed by atoms with E-state index in [-0.39, 0.29) is 17.4 Å². The first-order chi connectivity index (χ1) is 15.6. The summed E-state index contributed by atoms with van der Waals surface area (Å²) in [6, 6.07) is 7.39. The molecule has 33 heavy (non-hydrogen) atoms. The average Bonchev–Trinajstić information content (AvgIpc) is 3.39. The van der Waals surface area contributed by atoms with Crippen LogP contribution in [0.1, 0.15) is 35.4 Å². The van der Waals surface area contributed by atoms with Gasteiger partial charge in [-0.2, -0.15) is 13.2 Å². The number of piperidine rings is 1. The Bertz CT molecular complexity index is 939. The van der Waals surface area contributed by atoms with Crippen molar-refractivity contribution < 1.29 is 41.8 Å². The van der Waals surface area contributed by atoms with Gasteiger partial charge in [-0.25, -0.2) is 9.78 Å². The Kier molecular flexibility index (Phi) is 7.62. The smallest absolute Gasteiger partial charge is 0.475 e. The molecule has 0 aromatic carbocycles. The van der Waals surface area contributed by atoms with Gasteiger partial charge in [0, 0.05) is 25.4 Å². The molecule has 11 heteroatoms. The number of aliphatic carboxylic acids is 1. The highest BCUT2D eigenvalue weighted by Gasteiger charge is 2.43. The molecule has 2 aromatic rings. The number of carboxylic acids is 1. The van der Waals surface area contributed by atoms with Gasteiger partial charge >= 0.3 is 12.1 Å². The summed E-state index contributed by atoms with van der Waals surface area (Å²) in [6.45, 7) is 4.63. The summed E-state index contributed by atoms with van der Waals surface area (Å²) in [5, 5.41) is 7.12. The van der Waals surface area contributed by atoms with Gasteiger partial charge in [0.2, 0.25) is 5.88 Å². The summed E-state index contributed by atoms with van der Waals surface area (Å²) in [7, 11) is 0. The van der Waals surface area contributed by atoms with E-state index in [9.17, 15) is 18.0 Å². The quantitative estimate of drug-likeness (QED) is 0.727. The second-order valence-electron chi connectivity index (χ2n) is 8.10. The lowest BCUT2D eigenvalue weighted by molar-refractivity contribution is -0.192. The standard InChI is InChI=1S/C20H24N2O4.C2HF3O2/c1-15-17(5-11-24-15)19(23)22-9-6-20(7-10-22)12-16(26-14-20)13-25-18-4-2-3-8-21-18;3-2(4,5)1(6)7/h2-5,8,11,16H,6-7,9-10,12-14H2,1H3;(H,6,7). The van der Waals surface area contributed by atoms with Crippen LogP contribution in [0.2, 0.25) is 0 Å². The van der Waals surface area contributed by atoms with Gasteiger partial charge in [-0.15, -0.1) is 0 Å². The van der Waals surface area contributed by atoms with Crippen LogP contribution in [0.3, 0.4) is 0 Å². The molecule has 8 nitrogen and oxygen atoms in total. The third-order valence-electron chi connectivity index (χ3n) is 5.78. The van der Waals surface area contributed by atoms with Gasteiger partial charge < -0.3 is 23.9 Å². The SMILES string of the molecule is Cc1occc1C(=O)N1CCC2(CC1)COC(COc1ccccn1)C2.O=C(O)C(F)(F)F. The van der Waals surface area contributed by atoms with Crippen LogP contribution in [-0.2, 0) is 9.53 Å². The van der Waals surface area contributed by atoms with Crippen LogP contribution in [0.5, 0.6) is 5.88 Å². The first-order valence-electron chi connectivity index (χ1n) is 10.4. The third kappa shape index (κ3) is 6.47. The fourth-order valence-corrected chi connectivity index (χ4v) is 3.92. The molecule has 0 bridgehead atoms. The van der Waals surface area contributed by atoms with Gasteiger partial charge in [0.1, 0.15) is 12.4 Å². The molecule has 2 fully saturated rings. The van der Waals surface area contributed by atoms with Crippen LogP contribution >= 0.6 is 0 Å². The summed E-state index contributed by atoms with van der Waals surface area (Å²) >= 11 is 0. The number of carboxylic acid groups (broad SMARTS) is 1. The number of hydrogen-bond donors (Lipinski definition) is 1. The molecule has 0 radical (unpaired) electrons. The molecule has 180 valence electrons. The first kappa shape index (κ1) is 24.6. The van der Waals surface area contributed by atoms with Gasteiger partial charge in [0.05, 0.1) is 24.5 Å². The summed E-state index contributed by atoms with van der Waals surface area (Å²) in [4.78, 5) is 27.6. The Morgan fingerprint density at radius 1 is 1.27 bits per heavy atom. The minimum Gasteiger partial charge on any atom is -0.475 e. The predicted molar refractivity (Wildman–Crippen MR) is 109 cm³/mol. The van der Waals surface area contributed by atoms with Crippen molar-refractivity contribution in [2.45, 2.75) is 38.5 Å². The number of halogens is 3. The minimum absolute atomic E-state index is 0.0695. The Balaban J connectivity index is 0.000000383. The van der Waals surface area contributed by atoms with Crippen LogP contribution in [0.4, 0.5) is 13.2 Å². The maximum Gasteiger partial charge on any atom is 0.490 e. The lowest BCUT2D eigenvalue weighted by Crippen LogP contribution is -2.43. The molecule has 4 heterocycles. The van der Waals surface area contributed by atoms with Crippen molar-refractivity contribution in [2.75, 3.05) is 26.3 Å². The maximum absolute atomic E-state index is 12.6. The van der Waals surface area contributed by atoms with E-state index in [0.29, 0.717) is 23.8 Å². The Morgan fingerprint density at radius 3 is 2.52 bits per heavy atom. The summed E-state index contributed by atoms with van der Waals surface area (Å²) in [5.41, 5.74) is 0.839. The van der Waals surface area contributed by atoms with Crippen LogP contribution in [0.25, 0.3) is 0 Å². The zero-order valence-corrected chi connectivity index (χ0v) is 18.0. The van der Waals surface area contributed by atoms with Crippen molar-refractivity contribution >= 4 is 11.9 Å². The third-order valence-corrected chi connectivity index (χ3v) is 5.78. The molecule has 4 rings (SSSR count). The van der Waals surface area contributed by atoms with E-state index in [1.807, 2.05) is 30.0 Å². The van der Waals surface area contributed by atoms with E-state index in [0.717, 1.165) is 39.0 Å². The van der Waals surface area contributed by atoms with Crippen LogP contribution in [-0.4, -0.2) is 65.5 Å². The molecule has 2 saturated heterocycles. The van der Waals surface area contributed by atoms with Gasteiger partial charge in [-0.05, 0) is 43.7 Å². The highest BCUT2D eigenvalue weighted by Crippen LogP contribution is 2.42. The number of likely N-dealkylation sites (tertiary alicyclic amines) is 1. The molecule has 0 aliphatic carbocycles. The number of alkyl halides is 3. The lowest BCUT2D eigenvalue weighted by atomic mass is 9.76. The molecular formula is C22H25F3N2O6. The number of furan rings is 1. The van der Waals surface area contributed by atoms with Gasteiger partial charge in [0.25, 0.3) is 5.91 Å². The molecule has 0 saturated carbocycles. The summed E-state index contributed by atoms with van der Waals surface area (Å²) in [5.74, 6) is -1.37. The normalized spacial score (nSPS) is 19.6. The van der Waals surface area contributed by atoms with E-state index in [4.69, 9.17) is 23.8 Å². The van der Waals surface area contributed by atoms with Crippen molar-refractivity contribution in [3.8, 4) is 5.88 Å². The van der Waals surface area contributed by atoms with E-state index in [1.54, 1.807) is 18.5 Å². The number of pyridine rings is 1. The van der Waals surface area contributed by atoms with Crippen LogP contribution in [0, 0.1) is 12.3 Å². The van der Waals surface area contributed by atoms with E-state index in [2.05, 4.69) is 4.98 Å². The maximum atomic E-state index is 12.6. The van der Waals surface area contributed by atoms with Gasteiger partial charge in [-0.1, -0.05) is 6.07 Å². The Labute approximate surface area is 188 Å². The zero-order chi connectivity index (χ0) is 24.1. The van der Waals surface area contributed by atoms with Crippen LogP contribution < -0.4 is 4.74 Å². The number of hydrogen-bond acceptors (Lipinski definition) is 6. The number of ether oxygens (including phenoxy) is 2. The summed E-state index contributed by atoms with van der Waals surface area (Å²) in [6.07, 6.45) is 1.22. The Hall–Kier alpha value is -3.08. The molecular weight excluding hydrogens is 445 g/mol. The molecule has 2 aliphatic rings. The molecule has 2 aromatic heterocycles. The number of aryl methyl sites for hydroxylation is 1. The number of nitrogens with zero attached hydrogens (tertiary/aromatic N) is 2. The molecule has 1 atom stereocenters. The average molecular weight is 470 g/mol. The molecule has 2 aliphatic heterocycles. The minimum atomic E-state index is -5.08. The van der Waals surface area contributed by atoms with Crippen molar-refractivity contribution in [3.05, 3.63) is 48.0 Å². The summed E-state index contributed by atoms with van der Waals surface area (Å²) < 4.78 is 48.7. The van der Waals surface area contributed by atoms with E-state index in [1.165, 1.54) is 0 Å². The number of rotatable bonds is 4. The molecule has 1 unspecified atom stereocenters. The lowest BCUT2D eigenvalue weighted by Gasteiger charge is -2.38. The largest absolute Gasteiger partial charge is 0.490 e. The number of aromatic nitrogens is 1. The second-order valence-corrected chi connectivity index (χ2v) is 8.10. The van der Waals surface area contributed by atoms with Crippen LogP contribution in [0.15, 0.2) is 41.1 Å². The predicted octanol–water partition coefficient (Wildman–Crippen LogP) is 3.71. The number of amides is 1. The molecule has 1 amide bonds. The zero-order valence-electron chi connectivity index (χ0n) is 18.0. The van der Waals surface area contributed by atoms with Gasteiger partial charge in [-0.3, -0.25) is 4.79 Å². The van der Waals surface area contributed by atoms with E-state index < -0.39 is 12.1 Å². The topological polar surface area (TPSA) is 102 Å². The fourth-order valence-electron chi connectivity index (χ4n) is 3.92. The highest BCUT2D eigenvalue weighted by molar-refractivity contribution is 5.95. The second kappa shape index (κ2) is 10.2. The highest BCUT2D eigenvalue weighted by atomic mass is 19.4. The number of carbonyl (C=O) groups excluding carboxylic acids is 1. The number of carbonyl (C=O) groups is 2. The monoisotopic (exact) mass is 470 g/mol. The van der Waals surface area contributed by atoms with Crippen molar-refractivity contribution in [1.82, 2.24) is 9.88 Å². The first-order valence-corrected chi connectivity index (χ1v) is 10.4. The van der Waals surface area contributed by atoms with Crippen molar-refractivity contribution in [2.24, 2.45) is 5.41 Å². The Morgan fingerprint density at radius 2 is 1.97 bits per heavy atom. The molecule has 1 N–H and O–H groups in total. The van der Waals surface area contributed by atoms with E-state index >= 15 is 0 Å². The van der Waals surface area contributed by atoms with Crippen molar-refractivity contribution in [1.29, 1.82) is 0 Å². The molecule has 1 spiro atoms. The fraction of sp³-hybridized carbons (Fsp3) is 0.500. The van der Waals surface area contributed by atoms with Crippen molar-refractivity contribution in [3.63, 3.8) is 0 Å².